The van der Waals surface area contributed by atoms with Crippen molar-refractivity contribution in [3.8, 4) is 0 Å². The predicted molar refractivity (Wildman–Crippen MR) is 43.6 cm³/mol. The van der Waals surface area contributed by atoms with Gasteiger partial charge in [-0.25, -0.2) is 0 Å². The van der Waals surface area contributed by atoms with Crippen LogP contribution in [0.2, 0.25) is 0 Å². The molecule has 0 saturated carbocycles. The van der Waals surface area contributed by atoms with Crippen LogP contribution in [-0.4, -0.2) is 6.29 Å². The molecule has 0 heterocycles. The van der Waals surface area contributed by atoms with E-state index in [1.165, 1.54) is 0 Å². The summed E-state index contributed by atoms with van der Waals surface area (Å²) in [6.07, 6.45) is 6.32. The molecule has 1 nitrogen and oxygen atoms in total. The topological polar surface area (TPSA) is 17.1 Å². The first-order valence-corrected chi connectivity index (χ1v) is 4.08. The number of hydrogen-bond donors (Lipinski definition) is 0. The standard InChI is InChI=1S/C9H17O/c1-4-6-7-9(3,5-2)8-10/h4-7H2,1-3H3. The van der Waals surface area contributed by atoms with Gasteiger partial charge in [-0.05, 0) is 12.8 Å². The molecule has 1 atom stereocenters. The van der Waals surface area contributed by atoms with Gasteiger partial charge in [0.05, 0.1) is 0 Å². The molecular weight excluding hydrogens is 124 g/mol. The van der Waals surface area contributed by atoms with Crippen LogP contribution in [0.1, 0.15) is 46.5 Å². The third-order valence-corrected chi connectivity index (χ3v) is 2.11. The summed E-state index contributed by atoms with van der Waals surface area (Å²) < 4.78 is 0. The Morgan fingerprint density at radius 1 is 1.40 bits per heavy atom. The summed E-state index contributed by atoms with van der Waals surface area (Å²) in [6.45, 7) is 6.16. The van der Waals surface area contributed by atoms with Crippen LogP contribution in [0.15, 0.2) is 0 Å². The van der Waals surface area contributed by atoms with Gasteiger partial charge in [0.2, 0.25) is 6.29 Å². The van der Waals surface area contributed by atoms with Gasteiger partial charge in [-0.1, -0.05) is 33.6 Å². The third kappa shape index (κ3) is 3.00. The maximum Gasteiger partial charge on any atom is 0.204 e. The summed E-state index contributed by atoms with van der Waals surface area (Å²) in [6, 6.07) is 0. The minimum atomic E-state index is -0.171. The quantitative estimate of drug-likeness (QED) is 0.575. The maximum atomic E-state index is 10.4. The Balaban J connectivity index is 3.68. The summed E-state index contributed by atoms with van der Waals surface area (Å²) in [5.74, 6) is 0. The number of rotatable bonds is 5. The normalized spacial score (nSPS) is 16.3. The van der Waals surface area contributed by atoms with Crippen molar-refractivity contribution in [2.45, 2.75) is 46.5 Å². The van der Waals surface area contributed by atoms with E-state index in [0.29, 0.717) is 0 Å². The van der Waals surface area contributed by atoms with Crippen molar-refractivity contribution >= 4 is 6.29 Å². The Morgan fingerprint density at radius 3 is 2.30 bits per heavy atom. The highest BCUT2D eigenvalue weighted by molar-refractivity contribution is 5.59. The zero-order chi connectivity index (χ0) is 8.04. The second-order valence-electron chi connectivity index (χ2n) is 3.12. The van der Waals surface area contributed by atoms with Crippen LogP contribution < -0.4 is 0 Å². The summed E-state index contributed by atoms with van der Waals surface area (Å²) in [4.78, 5) is 10.4. The van der Waals surface area contributed by atoms with Gasteiger partial charge in [-0.3, -0.25) is 4.79 Å². The molecule has 0 aromatic carbocycles. The molecule has 0 bridgehead atoms. The molecule has 0 aliphatic carbocycles. The molecule has 0 aliphatic heterocycles. The van der Waals surface area contributed by atoms with E-state index in [4.69, 9.17) is 0 Å². The van der Waals surface area contributed by atoms with Gasteiger partial charge in [0, 0.05) is 5.41 Å². The smallest absolute Gasteiger partial charge is 0.204 e. The molecule has 0 amide bonds. The first kappa shape index (κ1) is 9.67. The summed E-state index contributed by atoms with van der Waals surface area (Å²) in [5.41, 5.74) is -0.171. The van der Waals surface area contributed by atoms with Gasteiger partial charge in [-0.2, -0.15) is 0 Å². The van der Waals surface area contributed by atoms with Crippen LogP contribution in [0.25, 0.3) is 0 Å². The van der Waals surface area contributed by atoms with E-state index < -0.39 is 0 Å². The fourth-order valence-electron chi connectivity index (χ4n) is 0.867. The van der Waals surface area contributed by atoms with Crippen LogP contribution in [0, 0.1) is 5.41 Å². The van der Waals surface area contributed by atoms with E-state index in [0.717, 1.165) is 25.7 Å². The molecule has 59 valence electrons. The lowest BCUT2D eigenvalue weighted by Gasteiger charge is -2.18. The monoisotopic (exact) mass is 141 g/mol. The van der Waals surface area contributed by atoms with Crippen LogP contribution in [-0.2, 0) is 4.79 Å². The molecule has 0 fully saturated rings. The largest absolute Gasteiger partial charge is 0.290 e. The lowest BCUT2D eigenvalue weighted by molar-refractivity contribution is 0.368. The molecule has 1 unspecified atom stereocenters. The predicted octanol–water partition coefficient (Wildman–Crippen LogP) is 2.70. The van der Waals surface area contributed by atoms with E-state index in [2.05, 4.69) is 13.2 Å². The Kier molecular flexibility index (Phi) is 4.33. The molecule has 0 aliphatic rings. The molecule has 0 aromatic rings. The van der Waals surface area contributed by atoms with Gasteiger partial charge in [0.25, 0.3) is 0 Å². The summed E-state index contributed by atoms with van der Waals surface area (Å²) in [7, 11) is 0. The van der Waals surface area contributed by atoms with Crippen LogP contribution in [0.4, 0.5) is 0 Å². The highest BCUT2D eigenvalue weighted by Crippen LogP contribution is 2.24. The molecule has 1 heteroatoms. The van der Waals surface area contributed by atoms with Crippen LogP contribution >= 0.6 is 0 Å². The van der Waals surface area contributed by atoms with Crippen LogP contribution in [0.3, 0.4) is 0 Å². The highest BCUT2D eigenvalue weighted by atomic mass is 16.1. The summed E-state index contributed by atoms with van der Waals surface area (Å²) >= 11 is 0. The maximum absolute atomic E-state index is 10.4. The van der Waals surface area contributed by atoms with E-state index in [1.54, 1.807) is 0 Å². The fraction of sp³-hybridized carbons (Fsp3) is 0.889. The molecule has 10 heavy (non-hydrogen) atoms. The van der Waals surface area contributed by atoms with Crippen molar-refractivity contribution in [2.75, 3.05) is 0 Å². The number of carbonyl (C=O) groups excluding carboxylic acids is 1. The second-order valence-corrected chi connectivity index (χ2v) is 3.12. The van der Waals surface area contributed by atoms with Crippen molar-refractivity contribution in [3.63, 3.8) is 0 Å². The van der Waals surface area contributed by atoms with Crippen LogP contribution in [0.5, 0.6) is 0 Å². The molecule has 0 rings (SSSR count). The van der Waals surface area contributed by atoms with Crippen molar-refractivity contribution in [1.82, 2.24) is 0 Å². The molecule has 0 N–H and O–H groups in total. The average molecular weight is 141 g/mol. The third-order valence-electron chi connectivity index (χ3n) is 2.11. The van der Waals surface area contributed by atoms with Gasteiger partial charge >= 0.3 is 0 Å². The van der Waals surface area contributed by atoms with Gasteiger partial charge < -0.3 is 0 Å². The van der Waals surface area contributed by atoms with Crippen molar-refractivity contribution in [1.29, 1.82) is 0 Å². The van der Waals surface area contributed by atoms with Gasteiger partial charge in [0.1, 0.15) is 0 Å². The van der Waals surface area contributed by atoms with Gasteiger partial charge in [0.15, 0.2) is 0 Å². The minimum Gasteiger partial charge on any atom is -0.290 e. The Morgan fingerprint density at radius 2 is 2.00 bits per heavy atom. The Bertz CT molecular complexity index is 98.9. The number of hydrogen-bond acceptors (Lipinski definition) is 1. The lowest BCUT2D eigenvalue weighted by Crippen LogP contribution is -2.16. The fourth-order valence-corrected chi connectivity index (χ4v) is 0.867. The SMILES string of the molecule is CCCCC(C)([C]=O)CC. The lowest BCUT2D eigenvalue weighted by atomic mass is 9.84. The Labute approximate surface area is 63.8 Å². The second kappa shape index (κ2) is 4.48. The molecule has 0 saturated heterocycles. The number of unbranched alkanes of at least 4 members (excludes halogenated alkanes) is 1. The van der Waals surface area contributed by atoms with E-state index in [-0.39, 0.29) is 5.41 Å². The average Bonchev–Trinajstić information content (AvgIpc) is 2.00. The van der Waals surface area contributed by atoms with Gasteiger partial charge in [-0.15, -0.1) is 0 Å². The zero-order valence-corrected chi connectivity index (χ0v) is 7.24. The molecular formula is C9H17O. The highest BCUT2D eigenvalue weighted by Gasteiger charge is 2.20. The first-order valence-electron chi connectivity index (χ1n) is 4.08. The van der Waals surface area contributed by atoms with E-state index >= 15 is 0 Å². The Hall–Kier alpha value is -0.330. The molecule has 1 radical (unpaired) electrons. The van der Waals surface area contributed by atoms with E-state index in [9.17, 15) is 4.79 Å². The first-order chi connectivity index (χ1) is 4.68. The molecule has 0 spiro atoms. The zero-order valence-electron chi connectivity index (χ0n) is 7.24. The minimum absolute atomic E-state index is 0.171. The van der Waals surface area contributed by atoms with E-state index in [1.807, 2.05) is 13.8 Å². The summed E-state index contributed by atoms with van der Waals surface area (Å²) in [5, 5.41) is 0. The van der Waals surface area contributed by atoms with Crippen molar-refractivity contribution in [2.24, 2.45) is 5.41 Å². The van der Waals surface area contributed by atoms with Crippen molar-refractivity contribution < 1.29 is 4.79 Å². The molecule has 0 aromatic heterocycles. The van der Waals surface area contributed by atoms with Crippen molar-refractivity contribution in [3.05, 3.63) is 0 Å².